The molecule has 126 heavy (non-hydrogen) atoms. The Hall–Kier alpha value is -10.5. The number of sulfonamides is 2. The number of allylic oxidation sites excluding steroid dienone is 1. The van der Waals surface area contributed by atoms with Gasteiger partial charge in [0.25, 0.3) is 11.4 Å². The largest absolute Gasteiger partial charge is 0.455 e. The number of primary sulfonamides is 2. The second kappa shape index (κ2) is 44.8. The molecule has 4 aliphatic heterocycles. The van der Waals surface area contributed by atoms with Gasteiger partial charge in [-0.25, -0.2) is 40.5 Å². The molecule has 7 aromatic rings. The maximum atomic E-state index is 14.1. The smallest absolute Gasteiger partial charge is 0.416 e. The number of methoxy groups -OCH3 is 3. The van der Waals surface area contributed by atoms with Crippen molar-refractivity contribution in [3.8, 4) is 11.5 Å². The summed E-state index contributed by atoms with van der Waals surface area (Å²) in [4.78, 5) is 96.7. The number of piperazine rings is 1. The molecule has 38 nitrogen and oxygen atoms in total. The van der Waals surface area contributed by atoms with Crippen molar-refractivity contribution in [2.24, 2.45) is 21.4 Å². The Bertz CT molecular complexity index is 5460. The Kier molecular flexibility index (Phi) is 35.3. The van der Waals surface area contributed by atoms with Gasteiger partial charge in [0.1, 0.15) is 54.1 Å². The molecule has 4 fully saturated rings. The van der Waals surface area contributed by atoms with Crippen molar-refractivity contribution in [2.45, 2.75) is 91.5 Å². The van der Waals surface area contributed by atoms with E-state index in [1.54, 1.807) is 39.1 Å². The van der Waals surface area contributed by atoms with Gasteiger partial charge >= 0.3 is 11.9 Å². The highest BCUT2D eigenvalue weighted by molar-refractivity contribution is 7.92. The minimum Gasteiger partial charge on any atom is -0.455 e. The Morgan fingerprint density at radius 2 is 1.14 bits per heavy atom. The number of aromatic amines is 1. The van der Waals surface area contributed by atoms with Gasteiger partial charge in [0.2, 0.25) is 43.6 Å². The van der Waals surface area contributed by atoms with E-state index in [0.29, 0.717) is 153 Å². The summed E-state index contributed by atoms with van der Waals surface area (Å²) in [5, 5.41) is 50.1. The minimum absolute atomic E-state index is 0.00750. The lowest BCUT2D eigenvalue weighted by atomic mass is 9.72. The highest BCUT2D eigenvalue weighted by Crippen LogP contribution is 2.46. The molecule has 4 saturated heterocycles. The quantitative estimate of drug-likeness (QED) is 0.0102. The molecule has 0 spiro atoms. The van der Waals surface area contributed by atoms with Crippen molar-refractivity contribution in [3.05, 3.63) is 179 Å². The van der Waals surface area contributed by atoms with E-state index in [9.17, 15) is 92.3 Å². The molecule has 5 aromatic carbocycles. The van der Waals surface area contributed by atoms with E-state index in [1.165, 1.54) is 63.9 Å². The summed E-state index contributed by atoms with van der Waals surface area (Å²) < 4.78 is 163. The number of nitrogens with one attached hydrogen (secondary N) is 3. The number of morpholine rings is 3. The lowest BCUT2D eigenvalue weighted by Gasteiger charge is -2.39. The van der Waals surface area contributed by atoms with E-state index >= 15 is 0 Å². The number of ether oxygens (including phenoxy) is 7. The number of nitrogens with two attached hydrogens (primary N) is 3. The summed E-state index contributed by atoms with van der Waals surface area (Å²) in [6.07, 6.45) is 2.35. The van der Waals surface area contributed by atoms with Crippen LogP contribution in [0.4, 0.5) is 51.7 Å². The van der Waals surface area contributed by atoms with Crippen LogP contribution in [0.5, 0.6) is 11.5 Å². The molecule has 0 radical (unpaired) electrons. The number of H-pyrrole nitrogens is 1. The number of nitro groups is 3. The number of ketones is 1. The van der Waals surface area contributed by atoms with Gasteiger partial charge in [-0.2, -0.15) is 17.6 Å². The molecule has 9 N–H and O–H groups in total. The number of rotatable bonds is 31. The number of fused-ring (bicyclic) bond motifs is 1. The van der Waals surface area contributed by atoms with Crippen molar-refractivity contribution >= 4 is 116 Å². The maximum absolute atomic E-state index is 14.1. The second-order valence-electron chi connectivity index (χ2n) is 30.6. The molecule has 3 amide bonds. The zero-order valence-electron chi connectivity index (χ0n) is 69.6. The third kappa shape index (κ3) is 28.2. The predicted molar refractivity (Wildman–Crippen MR) is 455 cm³/mol. The van der Waals surface area contributed by atoms with Gasteiger partial charge in [-0.1, -0.05) is 37.1 Å². The summed E-state index contributed by atoms with van der Waals surface area (Å²) in [7, 11) is -8.09. The van der Waals surface area contributed by atoms with E-state index in [4.69, 9.17) is 60.8 Å². The van der Waals surface area contributed by atoms with E-state index in [2.05, 4.69) is 44.2 Å². The fourth-order valence-corrected chi connectivity index (χ4v) is 16.9. The standard InChI is InChI=1S/C50H55ClF3N7O9S.C15H22N4O7S.C9H18N2O3.C6H5FN2O4S/c1-49(2)13-10-33(41(26-49)39-7-4-34(23-42(39)51)50(52,53)54)28-58-16-18-59(19-17-58)35-5-8-40(46(24-35)70-37-22-32-11-14-56-48(32)57-27-37)45(62)31-71(66,67)38-6-9-43(44(25-38)61(64)65)55-15-12-36-29-60(20-21-69-36)47(63)30-68-3;1-25-10-15(20)18-6-7-26-11(9-18)4-5-17-13-3-2-12(27(16,23)24)8-14(13)19(21)22;1-13-7-9(12)11-4-5-14-8(6-11)2-3-10;7-5-2-1-4(14(8,12)13)3-6(5)9(10)11/h4-9,11,14,22-25,27,36,55H,10,12-13,15-21,26,28-31H2,1-3H3,(H,56,57);2-3,8,11,17H,4-7,9-10H2,1H3,(H2,16,23,24);8H,2-7,10H2,1H3;1-3H,(H2,8,12,13). The van der Waals surface area contributed by atoms with Crippen LogP contribution in [0.2, 0.25) is 5.02 Å². The van der Waals surface area contributed by atoms with Crippen molar-refractivity contribution in [2.75, 3.05) is 174 Å². The normalized spacial score (nSPS) is 17.6. The number of nitrogens with zero attached hydrogens (tertiary/aromatic N) is 9. The van der Waals surface area contributed by atoms with Gasteiger partial charge in [-0.15, -0.1) is 0 Å². The van der Waals surface area contributed by atoms with Gasteiger partial charge < -0.3 is 74.1 Å². The van der Waals surface area contributed by atoms with E-state index in [-0.39, 0.29) is 106 Å². The summed E-state index contributed by atoms with van der Waals surface area (Å²) in [6.45, 7) is 12.9. The second-order valence-corrected chi connectivity index (χ2v) is 36.1. The van der Waals surface area contributed by atoms with E-state index in [1.807, 2.05) is 6.07 Å². The fourth-order valence-electron chi connectivity index (χ4n) is 14.4. The fraction of sp³-hybridized carbons (Fsp3) is 0.463. The Balaban J connectivity index is 0.000000261. The molecule has 2 aromatic heterocycles. The van der Waals surface area contributed by atoms with Crippen LogP contribution in [-0.4, -0.2) is 270 Å². The number of carbonyl (C=O) groups is 4. The van der Waals surface area contributed by atoms with Crippen LogP contribution in [0.15, 0.2) is 136 Å². The average molecular weight is 1850 g/mol. The van der Waals surface area contributed by atoms with Crippen LogP contribution in [0.3, 0.4) is 0 Å². The van der Waals surface area contributed by atoms with Crippen LogP contribution in [0.1, 0.15) is 73.9 Å². The summed E-state index contributed by atoms with van der Waals surface area (Å²) in [6, 6.07) is 21.0. The number of anilines is 3. The van der Waals surface area contributed by atoms with Crippen LogP contribution < -0.4 is 36.3 Å². The number of aromatic nitrogens is 2. The van der Waals surface area contributed by atoms with Crippen molar-refractivity contribution < 1.29 is 110 Å². The highest BCUT2D eigenvalue weighted by Gasteiger charge is 2.36. The summed E-state index contributed by atoms with van der Waals surface area (Å²) >= 11 is 6.54. The monoisotopic (exact) mass is 1850 g/mol. The third-order valence-electron chi connectivity index (χ3n) is 20.9. The number of Topliss-reactive ketones (excluding diaryl/α,β-unsaturated/α-hetero) is 1. The van der Waals surface area contributed by atoms with Crippen LogP contribution in [0.25, 0.3) is 16.6 Å². The molecule has 12 rings (SSSR count). The molecule has 46 heteroatoms. The van der Waals surface area contributed by atoms with E-state index < -0.39 is 94.9 Å². The molecule has 3 atom stereocenters. The first-order chi connectivity index (χ1) is 59.6. The number of benzene rings is 5. The van der Waals surface area contributed by atoms with Crippen molar-refractivity contribution in [3.63, 3.8) is 0 Å². The molecule has 0 bridgehead atoms. The number of nitro benzene ring substituents is 3. The first-order valence-electron chi connectivity index (χ1n) is 39.5. The average Bonchev–Trinajstić information content (AvgIpc) is 0.888. The van der Waals surface area contributed by atoms with Crippen LogP contribution >= 0.6 is 11.6 Å². The molecule has 0 saturated carbocycles. The molecule has 686 valence electrons. The SMILES string of the molecule is COCC(=O)N1CCOC(CCN)C1.COCC(=O)N1CCOC(CCNc2ccc(S(=O)(=O)CC(=O)c3ccc(N4CCN(CC5=C(c6ccc(C(F)(F)F)cc6Cl)CC(C)(C)CC5)CC4)cc3Oc3cnc4[nH]ccc4c3)cc2[N+](=O)[O-])C1.COCC(=O)N1CCOC(CCNc2ccc(S(N)(=O)=O)cc2[N+](=O)[O-])C1.NS(=O)(=O)c1ccc(F)c([N+](=O)[O-])c1. The number of pyridine rings is 1. The predicted octanol–water partition coefficient (Wildman–Crippen LogP) is 8.56. The number of alkyl halides is 3. The van der Waals surface area contributed by atoms with Gasteiger partial charge in [0.15, 0.2) is 15.6 Å². The Morgan fingerprint density at radius 3 is 1.63 bits per heavy atom. The van der Waals surface area contributed by atoms with Gasteiger partial charge in [-0.05, 0) is 134 Å². The molecule has 3 unspecified atom stereocenters. The number of amides is 3. The summed E-state index contributed by atoms with van der Waals surface area (Å²) in [5.74, 6) is -2.78. The first-order valence-corrected chi connectivity index (χ1v) is 44.7. The lowest BCUT2D eigenvalue weighted by Crippen LogP contribution is -2.47. The van der Waals surface area contributed by atoms with Gasteiger partial charge in [0.05, 0.1) is 84.9 Å². The van der Waals surface area contributed by atoms with Crippen molar-refractivity contribution in [1.29, 1.82) is 0 Å². The van der Waals surface area contributed by atoms with Gasteiger partial charge in [-0.3, -0.25) is 54.4 Å². The van der Waals surface area contributed by atoms with Crippen LogP contribution in [0, 0.1) is 41.6 Å². The molecule has 6 heterocycles. The molecular weight excluding hydrogens is 1750 g/mol. The number of carbonyl (C=O) groups excluding carboxylic acids is 4. The van der Waals surface area contributed by atoms with Gasteiger partial charge in [0, 0.05) is 153 Å². The zero-order chi connectivity index (χ0) is 92.0. The summed E-state index contributed by atoms with van der Waals surface area (Å²) in [5.41, 5.74) is 7.10. The maximum Gasteiger partial charge on any atom is 0.416 e. The minimum atomic E-state index is -4.50. The highest BCUT2D eigenvalue weighted by atomic mass is 35.5. The topological polar surface area (TPSA) is 512 Å². The first kappa shape index (κ1) is 99.2. The van der Waals surface area contributed by atoms with Crippen molar-refractivity contribution in [1.82, 2.24) is 29.6 Å². The molecular formula is C80H100ClF4N15O23S3. The number of sulfone groups is 1. The van der Waals surface area contributed by atoms with E-state index in [0.717, 1.165) is 71.8 Å². The molecule has 1 aliphatic carbocycles. The zero-order valence-corrected chi connectivity index (χ0v) is 72.8. The lowest BCUT2D eigenvalue weighted by molar-refractivity contribution is -0.387. The molecule has 5 aliphatic rings. The third-order valence-corrected chi connectivity index (χ3v) is 24.7. The Labute approximate surface area is 728 Å². The number of hydrogen-bond donors (Lipinski definition) is 6. The Morgan fingerprint density at radius 1 is 0.643 bits per heavy atom. The number of hydrogen-bond acceptors (Lipinski definition) is 29. The van der Waals surface area contributed by atoms with Crippen LogP contribution in [-0.2, 0) is 78.9 Å². The number of halogens is 5.